The number of aromatic nitrogens is 1. The molecule has 3 heterocycles. The minimum Gasteiger partial charge on any atom is -0.497 e. The van der Waals surface area contributed by atoms with Gasteiger partial charge in [-0.3, -0.25) is 9.59 Å². The highest BCUT2D eigenvalue weighted by Crippen LogP contribution is 2.41. The van der Waals surface area contributed by atoms with E-state index in [0.29, 0.717) is 42.0 Å². The number of aromatic amines is 1. The van der Waals surface area contributed by atoms with E-state index in [-0.39, 0.29) is 23.0 Å². The van der Waals surface area contributed by atoms with E-state index in [1.54, 1.807) is 42.3 Å². The summed E-state index contributed by atoms with van der Waals surface area (Å²) in [5, 5.41) is 0.979. The van der Waals surface area contributed by atoms with Gasteiger partial charge in [0.15, 0.2) is 0 Å². The average Bonchev–Trinajstić information content (AvgIpc) is 3.50. The summed E-state index contributed by atoms with van der Waals surface area (Å²) >= 11 is 0.347. The molecular weight excluding hydrogens is 502 g/mol. The van der Waals surface area contributed by atoms with Gasteiger partial charge in [-0.15, -0.1) is 0 Å². The molecule has 0 radical (unpaired) electrons. The molecule has 5 rings (SSSR count). The number of hydrogen-bond acceptors (Lipinski definition) is 6. The van der Waals surface area contributed by atoms with Crippen LogP contribution in [0.15, 0.2) is 63.9 Å². The fourth-order valence-corrected chi connectivity index (χ4v) is 5.33. The highest BCUT2D eigenvalue weighted by atomic mass is 32.2. The fraction of sp³-hybridized carbons (Fsp3) is 0.259. The Labute approximate surface area is 215 Å². The number of carbonyl (C=O) groups is 2. The average molecular weight is 527 g/mol. The Balaban J connectivity index is 1.60. The summed E-state index contributed by atoms with van der Waals surface area (Å²) in [6.45, 7) is 1.61. The lowest BCUT2D eigenvalue weighted by Crippen LogP contribution is -2.40. The monoisotopic (exact) mass is 526 g/mol. The summed E-state index contributed by atoms with van der Waals surface area (Å²) in [5.41, 5.74) is 2.88. The Morgan fingerprint density at radius 3 is 2.76 bits per heavy atom. The van der Waals surface area contributed by atoms with Crippen molar-refractivity contribution in [3.63, 3.8) is 0 Å². The van der Waals surface area contributed by atoms with E-state index in [4.69, 9.17) is 13.9 Å². The lowest BCUT2D eigenvalue weighted by atomic mass is 9.95. The predicted molar refractivity (Wildman–Crippen MR) is 134 cm³/mol. The quantitative estimate of drug-likeness (QED) is 0.237. The molecule has 1 N–H and O–H groups in total. The molecule has 4 aromatic rings. The Kier molecular flexibility index (Phi) is 6.92. The number of furan rings is 1. The van der Waals surface area contributed by atoms with Gasteiger partial charge in [0.05, 0.1) is 18.4 Å². The second kappa shape index (κ2) is 10.3. The summed E-state index contributed by atoms with van der Waals surface area (Å²) in [5.74, 6) is -1.87. The number of halogens is 2. The molecule has 0 aliphatic carbocycles. The second-order valence-electron chi connectivity index (χ2n) is 8.54. The topological polar surface area (TPSA) is 84.8 Å². The van der Waals surface area contributed by atoms with Crippen LogP contribution in [0.25, 0.3) is 10.9 Å². The number of thioether (sulfide) groups is 1. The normalized spacial score (nSPS) is 15.2. The molecular formula is C27H24F2N2O5S. The molecule has 7 nitrogen and oxygen atoms in total. The van der Waals surface area contributed by atoms with Crippen molar-refractivity contribution in [2.45, 2.75) is 36.6 Å². The van der Waals surface area contributed by atoms with Crippen molar-refractivity contribution in [3.05, 3.63) is 82.9 Å². The maximum Gasteiger partial charge on any atom is 0.303 e. The van der Waals surface area contributed by atoms with Gasteiger partial charge in [-0.2, -0.15) is 8.78 Å². The number of ether oxygens (including phenoxy) is 2. The van der Waals surface area contributed by atoms with Crippen molar-refractivity contribution < 1.29 is 32.3 Å². The van der Waals surface area contributed by atoms with E-state index in [1.165, 1.54) is 13.0 Å². The molecule has 1 unspecified atom stereocenters. The number of carbonyl (C=O) groups excluding carboxylic acids is 2. The third kappa shape index (κ3) is 4.93. The molecule has 2 aromatic carbocycles. The molecule has 10 heteroatoms. The van der Waals surface area contributed by atoms with Crippen LogP contribution in [0.4, 0.5) is 8.78 Å². The number of fused-ring (bicyclic) bond motifs is 3. The number of esters is 1. The van der Waals surface area contributed by atoms with Crippen molar-refractivity contribution in [2.75, 3.05) is 13.7 Å². The first-order valence-electron chi connectivity index (χ1n) is 11.6. The molecule has 0 fully saturated rings. The second-order valence-corrected chi connectivity index (χ2v) is 9.57. The Bertz CT molecular complexity index is 1460. The molecule has 1 aliphatic rings. The van der Waals surface area contributed by atoms with Crippen LogP contribution in [0, 0.1) is 0 Å². The molecule has 2 aromatic heterocycles. The molecule has 0 bridgehead atoms. The first kappa shape index (κ1) is 24.9. The highest BCUT2D eigenvalue weighted by molar-refractivity contribution is 7.99. The minimum absolute atomic E-state index is 0.0411. The van der Waals surface area contributed by atoms with Gasteiger partial charge in [0.25, 0.3) is 11.7 Å². The van der Waals surface area contributed by atoms with Crippen LogP contribution in [-0.2, 0) is 22.6 Å². The van der Waals surface area contributed by atoms with Gasteiger partial charge in [0.2, 0.25) is 0 Å². The van der Waals surface area contributed by atoms with Crippen LogP contribution in [0.3, 0.4) is 0 Å². The number of H-pyrrole nitrogens is 1. The Hall–Kier alpha value is -3.79. The Morgan fingerprint density at radius 1 is 1.19 bits per heavy atom. The maximum atomic E-state index is 13.9. The van der Waals surface area contributed by atoms with E-state index in [9.17, 15) is 18.4 Å². The van der Waals surface area contributed by atoms with Crippen LogP contribution in [0.2, 0.25) is 0 Å². The van der Waals surface area contributed by atoms with E-state index in [2.05, 4.69) is 4.98 Å². The van der Waals surface area contributed by atoms with Crippen molar-refractivity contribution in [1.82, 2.24) is 9.88 Å². The van der Waals surface area contributed by atoms with Gasteiger partial charge < -0.3 is 23.8 Å². The van der Waals surface area contributed by atoms with Crippen molar-refractivity contribution in [3.8, 4) is 5.75 Å². The molecule has 1 aliphatic heterocycles. The van der Waals surface area contributed by atoms with Gasteiger partial charge in [-0.25, -0.2) is 0 Å². The number of nitrogens with one attached hydrogen (secondary N) is 1. The van der Waals surface area contributed by atoms with Crippen molar-refractivity contribution in [1.29, 1.82) is 0 Å². The van der Waals surface area contributed by atoms with Crippen LogP contribution in [0.5, 0.6) is 5.75 Å². The van der Waals surface area contributed by atoms with Gasteiger partial charge in [0, 0.05) is 29.3 Å². The molecule has 192 valence electrons. The number of benzene rings is 2. The first-order chi connectivity index (χ1) is 17.9. The van der Waals surface area contributed by atoms with Crippen LogP contribution < -0.4 is 4.74 Å². The van der Waals surface area contributed by atoms with Crippen LogP contribution in [-0.4, -0.2) is 41.2 Å². The zero-order valence-corrected chi connectivity index (χ0v) is 20.9. The van der Waals surface area contributed by atoms with E-state index in [1.807, 2.05) is 18.2 Å². The summed E-state index contributed by atoms with van der Waals surface area (Å²) < 4.78 is 43.0. The summed E-state index contributed by atoms with van der Waals surface area (Å²) in [4.78, 5) is 30.4. The van der Waals surface area contributed by atoms with Gasteiger partial charge in [-0.1, -0.05) is 23.9 Å². The number of nitrogens with zero attached hydrogens (tertiary/aromatic N) is 1. The summed E-state index contributed by atoms with van der Waals surface area (Å²) in [7, 11) is 1.60. The summed E-state index contributed by atoms with van der Waals surface area (Å²) in [6, 6.07) is 14.9. The zero-order valence-electron chi connectivity index (χ0n) is 20.1. The smallest absolute Gasteiger partial charge is 0.303 e. The van der Waals surface area contributed by atoms with E-state index in [0.717, 1.165) is 22.2 Å². The summed E-state index contributed by atoms with van der Waals surface area (Å²) in [6.07, 6.45) is 0.551. The first-order valence-corrected chi connectivity index (χ1v) is 12.5. The third-order valence-corrected chi connectivity index (χ3v) is 7.09. The van der Waals surface area contributed by atoms with Crippen LogP contribution >= 0.6 is 11.8 Å². The molecule has 1 amide bonds. The lowest BCUT2D eigenvalue weighted by Gasteiger charge is -2.35. The van der Waals surface area contributed by atoms with E-state index >= 15 is 0 Å². The SMILES string of the molecule is COc1ccc2[nH]c3c(c2c1)CCN(C(=O)c1ccccc1SC(F)F)C3c1ccc(COC(C)=O)o1. The predicted octanol–water partition coefficient (Wildman–Crippen LogP) is 5.94. The fourth-order valence-electron chi connectivity index (χ4n) is 4.70. The molecule has 0 spiro atoms. The van der Waals surface area contributed by atoms with Crippen molar-refractivity contribution >= 4 is 34.5 Å². The number of hydrogen-bond donors (Lipinski definition) is 1. The van der Waals surface area contributed by atoms with Gasteiger partial charge >= 0.3 is 5.97 Å². The molecule has 0 saturated heterocycles. The Morgan fingerprint density at radius 2 is 2.00 bits per heavy atom. The number of alkyl halides is 2. The van der Waals surface area contributed by atoms with Gasteiger partial charge in [-0.05, 0) is 54.4 Å². The maximum absolute atomic E-state index is 13.9. The van der Waals surface area contributed by atoms with Gasteiger partial charge in [0.1, 0.15) is 29.9 Å². The zero-order chi connectivity index (χ0) is 26.1. The number of amides is 1. The van der Waals surface area contributed by atoms with Crippen LogP contribution in [0.1, 0.15) is 46.1 Å². The molecule has 0 saturated carbocycles. The lowest BCUT2D eigenvalue weighted by molar-refractivity contribution is -0.142. The minimum atomic E-state index is -2.66. The molecule has 1 atom stereocenters. The molecule has 37 heavy (non-hydrogen) atoms. The number of methoxy groups -OCH3 is 1. The third-order valence-electron chi connectivity index (χ3n) is 6.30. The highest BCUT2D eigenvalue weighted by Gasteiger charge is 2.37. The van der Waals surface area contributed by atoms with E-state index < -0.39 is 17.8 Å². The largest absolute Gasteiger partial charge is 0.497 e. The standard InChI is InChI=1S/C27H24F2N2O5S/c1-15(32)35-14-17-8-10-22(36-17)25-24-18(20-13-16(34-2)7-9-21(20)30-24)11-12-31(25)26(33)19-5-3-4-6-23(19)37-27(28)29/h3-10,13,25,27,30H,11-12,14H2,1-2H3. The van der Waals surface area contributed by atoms with Crippen molar-refractivity contribution in [2.24, 2.45) is 0 Å². The number of rotatable bonds is 7.